The Morgan fingerprint density at radius 3 is 2.56 bits per heavy atom. The van der Waals surface area contributed by atoms with E-state index in [0.717, 1.165) is 5.39 Å². The monoisotopic (exact) mass is 246 g/mol. The first kappa shape index (κ1) is 12.0. The highest BCUT2D eigenvalue weighted by atomic mass is 16.3. The van der Waals surface area contributed by atoms with E-state index in [9.17, 15) is 9.90 Å². The van der Waals surface area contributed by atoms with E-state index in [0.29, 0.717) is 11.1 Å². The summed E-state index contributed by atoms with van der Waals surface area (Å²) in [4.78, 5) is 15.1. The van der Waals surface area contributed by atoms with Gasteiger partial charge in [0.05, 0.1) is 6.42 Å². The molecule has 0 aliphatic carbocycles. The number of nitrogens with two attached hydrogens (primary N) is 2. The minimum Gasteiger partial charge on any atom is -0.494 e. The van der Waals surface area contributed by atoms with Crippen molar-refractivity contribution < 1.29 is 9.90 Å². The number of aromatic hydroxyl groups is 1. The van der Waals surface area contributed by atoms with Crippen LogP contribution in [0.1, 0.15) is 5.69 Å². The van der Waals surface area contributed by atoms with Crippen molar-refractivity contribution in [2.75, 3.05) is 0 Å². The van der Waals surface area contributed by atoms with Crippen molar-refractivity contribution in [3.8, 4) is 5.88 Å². The van der Waals surface area contributed by atoms with Crippen molar-refractivity contribution in [2.45, 2.75) is 6.42 Å². The topological polar surface area (TPSA) is 107 Å². The van der Waals surface area contributed by atoms with Crippen LogP contribution in [0.5, 0.6) is 5.88 Å². The molecule has 0 fully saturated rings. The first-order valence-corrected chi connectivity index (χ1v) is 5.38. The number of aliphatic imine (C=N–C) groups is 1. The van der Waals surface area contributed by atoms with Crippen LogP contribution in [0.25, 0.3) is 10.8 Å². The highest BCUT2D eigenvalue weighted by molar-refractivity contribution is 5.97. The smallest absolute Gasteiger partial charge is 0.254 e. The van der Waals surface area contributed by atoms with Gasteiger partial charge in [0.25, 0.3) is 5.91 Å². The van der Waals surface area contributed by atoms with Crippen LogP contribution in [0.15, 0.2) is 29.3 Å². The maximum atomic E-state index is 11.6. The first-order valence-electron chi connectivity index (χ1n) is 5.38. The molecule has 2 rings (SSSR count). The van der Waals surface area contributed by atoms with Crippen molar-refractivity contribution in [1.82, 2.24) is 4.57 Å². The van der Waals surface area contributed by atoms with Crippen LogP contribution in [0, 0.1) is 0 Å². The molecule has 94 valence electrons. The predicted molar refractivity (Wildman–Crippen MR) is 69.1 cm³/mol. The van der Waals surface area contributed by atoms with Gasteiger partial charge in [-0.05, 0) is 6.07 Å². The third-order valence-electron chi connectivity index (χ3n) is 2.77. The average Bonchev–Trinajstić information content (AvgIpc) is 2.54. The van der Waals surface area contributed by atoms with Crippen LogP contribution >= 0.6 is 0 Å². The molecular weight excluding hydrogens is 232 g/mol. The molecule has 1 aromatic heterocycles. The van der Waals surface area contributed by atoms with Gasteiger partial charge in [-0.3, -0.25) is 4.79 Å². The van der Waals surface area contributed by atoms with Gasteiger partial charge in [-0.15, -0.1) is 0 Å². The molecule has 0 unspecified atom stereocenters. The number of nitrogens with zero attached hydrogens (tertiary/aromatic N) is 2. The molecule has 1 heterocycles. The van der Waals surface area contributed by atoms with E-state index in [1.807, 2.05) is 18.2 Å². The quantitative estimate of drug-likeness (QED) is 0.520. The van der Waals surface area contributed by atoms with Crippen LogP contribution in [-0.2, 0) is 18.3 Å². The van der Waals surface area contributed by atoms with Crippen LogP contribution < -0.4 is 11.5 Å². The van der Waals surface area contributed by atoms with Gasteiger partial charge in [-0.1, -0.05) is 18.2 Å². The lowest BCUT2D eigenvalue weighted by Gasteiger charge is -2.02. The van der Waals surface area contributed by atoms with Gasteiger partial charge in [0, 0.05) is 23.5 Å². The molecule has 6 heteroatoms. The fourth-order valence-electron chi connectivity index (χ4n) is 1.96. The van der Waals surface area contributed by atoms with E-state index in [-0.39, 0.29) is 18.3 Å². The van der Waals surface area contributed by atoms with Gasteiger partial charge in [-0.25, -0.2) is 0 Å². The summed E-state index contributed by atoms with van der Waals surface area (Å²) in [5, 5.41) is 11.5. The zero-order valence-corrected chi connectivity index (χ0v) is 9.92. The second kappa shape index (κ2) is 4.40. The zero-order chi connectivity index (χ0) is 13.3. The molecule has 0 radical (unpaired) electrons. The number of guanidine groups is 1. The summed E-state index contributed by atoms with van der Waals surface area (Å²) in [7, 11) is 1.69. The number of aromatic nitrogens is 1. The molecule has 18 heavy (non-hydrogen) atoms. The summed E-state index contributed by atoms with van der Waals surface area (Å²) >= 11 is 0. The second-order valence-corrected chi connectivity index (χ2v) is 3.98. The van der Waals surface area contributed by atoms with E-state index in [1.54, 1.807) is 17.7 Å². The zero-order valence-electron chi connectivity index (χ0n) is 9.92. The van der Waals surface area contributed by atoms with Crippen molar-refractivity contribution in [3.63, 3.8) is 0 Å². The Kier molecular flexibility index (Phi) is 2.93. The molecule has 0 aliphatic heterocycles. The van der Waals surface area contributed by atoms with Crippen LogP contribution in [0.4, 0.5) is 0 Å². The fraction of sp³-hybridized carbons (Fsp3) is 0.167. The maximum Gasteiger partial charge on any atom is 0.254 e. The van der Waals surface area contributed by atoms with Crippen molar-refractivity contribution in [2.24, 2.45) is 23.5 Å². The SMILES string of the molecule is Cn1c(O)c2ccccc2c1CC(=O)N=C(N)N. The lowest BCUT2D eigenvalue weighted by atomic mass is 10.1. The Balaban J connectivity index is 2.48. The largest absolute Gasteiger partial charge is 0.494 e. The molecule has 6 nitrogen and oxygen atoms in total. The molecule has 5 N–H and O–H groups in total. The molecule has 1 amide bonds. The van der Waals surface area contributed by atoms with Gasteiger partial charge >= 0.3 is 0 Å². The van der Waals surface area contributed by atoms with E-state index < -0.39 is 5.91 Å². The highest BCUT2D eigenvalue weighted by Gasteiger charge is 2.15. The number of benzene rings is 1. The Hall–Kier alpha value is -2.50. The fourth-order valence-corrected chi connectivity index (χ4v) is 1.96. The molecule has 0 aliphatic rings. The number of hydrogen-bond donors (Lipinski definition) is 3. The molecule has 2 aromatic rings. The van der Waals surface area contributed by atoms with Crippen LogP contribution in [0.3, 0.4) is 0 Å². The standard InChI is InChI=1S/C12H14N4O2/c1-16-9(6-10(17)15-12(13)14)7-4-2-3-5-8(7)11(16)18/h2-5,18H,6H2,1H3,(H4,13,14,15,17). The van der Waals surface area contributed by atoms with Crippen LogP contribution in [-0.4, -0.2) is 21.5 Å². The van der Waals surface area contributed by atoms with Crippen molar-refractivity contribution in [3.05, 3.63) is 30.0 Å². The number of carbonyl (C=O) groups excluding carboxylic acids is 1. The Morgan fingerprint density at radius 1 is 1.33 bits per heavy atom. The molecule has 0 atom stereocenters. The minimum atomic E-state index is -0.443. The second-order valence-electron chi connectivity index (χ2n) is 3.98. The summed E-state index contributed by atoms with van der Waals surface area (Å²) in [6.07, 6.45) is 0.0372. The summed E-state index contributed by atoms with van der Waals surface area (Å²) in [6, 6.07) is 7.30. The van der Waals surface area contributed by atoms with E-state index in [4.69, 9.17) is 11.5 Å². The number of carbonyl (C=O) groups is 1. The highest BCUT2D eigenvalue weighted by Crippen LogP contribution is 2.30. The normalized spacial score (nSPS) is 10.5. The van der Waals surface area contributed by atoms with E-state index >= 15 is 0 Å². The lowest BCUT2D eigenvalue weighted by molar-refractivity contribution is -0.117. The van der Waals surface area contributed by atoms with Gasteiger partial charge in [-0.2, -0.15) is 4.99 Å². The van der Waals surface area contributed by atoms with Crippen LogP contribution in [0.2, 0.25) is 0 Å². The number of hydrogen-bond acceptors (Lipinski definition) is 2. The van der Waals surface area contributed by atoms with Crippen molar-refractivity contribution in [1.29, 1.82) is 0 Å². The predicted octanol–water partition coefficient (Wildman–Crippen LogP) is 0.226. The number of fused-ring (bicyclic) bond motifs is 1. The van der Waals surface area contributed by atoms with Gasteiger partial charge in [0.1, 0.15) is 0 Å². The maximum absolute atomic E-state index is 11.6. The number of amides is 1. The Labute approximate surface area is 104 Å². The molecular formula is C12H14N4O2. The first-order chi connectivity index (χ1) is 8.50. The molecule has 0 saturated heterocycles. The third-order valence-corrected chi connectivity index (χ3v) is 2.77. The van der Waals surface area contributed by atoms with E-state index in [2.05, 4.69) is 4.99 Å². The van der Waals surface area contributed by atoms with Gasteiger partial charge in [0.2, 0.25) is 0 Å². The Bertz CT molecular complexity index is 639. The Morgan fingerprint density at radius 2 is 1.94 bits per heavy atom. The van der Waals surface area contributed by atoms with Gasteiger partial charge < -0.3 is 21.1 Å². The third kappa shape index (κ3) is 2.00. The molecule has 0 saturated carbocycles. The average molecular weight is 246 g/mol. The van der Waals surface area contributed by atoms with Crippen molar-refractivity contribution >= 4 is 22.6 Å². The summed E-state index contributed by atoms with van der Waals surface area (Å²) in [5.74, 6) is -0.581. The molecule has 0 spiro atoms. The lowest BCUT2D eigenvalue weighted by Crippen LogP contribution is -2.24. The number of rotatable bonds is 2. The minimum absolute atomic E-state index is 0.0372. The summed E-state index contributed by atoms with van der Waals surface area (Å²) in [5.41, 5.74) is 11.0. The summed E-state index contributed by atoms with van der Waals surface area (Å²) in [6.45, 7) is 0. The molecule has 1 aromatic carbocycles. The summed E-state index contributed by atoms with van der Waals surface area (Å²) < 4.78 is 1.56. The van der Waals surface area contributed by atoms with E-state index in [1.165, 1.54) is 0 Å². The van der Waals surface area contributed by atoms with Gasteiger partial charge in [0.15, 0.2) is 11.8 Å². The molecule has 0 bridgehead atoms.